The zero-order valence-corrected chi connectivity index (χ0v) is 19.7. The van der Waals surface area contributed by atoms with E-state index >= 15 is 0 Å². The summed E-state index contributed by atoms with van der Waals surface area (Å²) in [5.41, 5.74) is 8.00. The van der Waals surface area contributed by atoms with Gasteiger partial charge in [-0.15, -0.1) is 24.2 Å². The maximum absolute atomic E-state index is 12.6. The summed E-state index contributed by atoms with van der Waals surface area (Å²) >= 11 is 1.68. The van der Waals surface area contributed by atoms with Crippen molar-refractivity contribution >= 4 is 41.9 Å². The van der Waals surface area contributed by atoms with E-state index in [4.69, 9.17) is 15.6 Å². The van der Waals surface area contributed by atoms with Crippen molar-refractivity contribution in [1.29, 1.82) is 0 Å². The molecule has 0 saturated carbocycles. The quantitative estimate of drug-likeness (QED) is 0.483. The third kappa shape index (κ3) is 7.32. The van der Waals surface area contributed by atoms with Gasteiger partial charge in [0.15, 0.2) is 0 Å². The summed E-state index contributed by atoms with van der Waals surface area (Å²) in [7, 11) is 1.61. The fraction of sp³-hybridized carbons (Fsp3) is 0.391. The Balaban J connectivity index is 0.00000363. The van der Waals surface area contributed by atoms with Gasteiger partial charge in [-0.2, -0.15) is 0 Å². The number of rotatable bonds is 8. The molecule has 32 heavy (non-hydrogen) atoms. The Morgan fingerprint density at radius 3 is 2.53 bits per heavy atom. The van der Waals surface area contributed by atoms with Crippen LogP contribution in [0.1, 0.15) is 24.8 Å². The van der Waals surface area contributed by atoms with E-state index in [1.165, 1.54) is 10.5 Å². The Hall–Kier alpha value is -2.42. The van der Waals surface area contributed by atoms with Crippen LogP contribution in [0, 0.1) is 5.92 Å². The Bertz CT molecular complexity index is 892. The lowest BCUT2D eigenvalue weighted by atomic mass is 9.90. The van der Waals surface area contributed by atoms with Gasteiger partial charge in [0.25, 0.3) is 0 Å². The van der Waals surface area contributed by atoms with Crippen LogP contribution in [-0.4, -0.2) is 48.2 Å². The van der Waals surface area contributed by atoms with Gasteiger partial charge in [0.05, 0.1) is 13.2 Å². The molecule has 2 amide bonds. The molecule has 0 bridgehead atoms. The normalized spacial score (nSPS) is 14.9. The molecule has 1 atom stereocenters. The minimum atomic E-state index is -0.889. The van der Waals surface area contributed by atoms with Crippen LogP contribution in [0.3, 0.4) is 0 Å². The fourth-order valence-corrected chi connectivity index (χ4v) is 4.62. The van der Waals surface area contributed by atoms with E-state index in [1.807, 2.05) is 36.4 Å². The minimum Gasteiger partial charge on any atom is -0.496 e. The number of anilines is 1. The lowest BCUT2D eigenvalue weighted by Gasteiger charge is -2.31. The van der Waals surface area contributed by atoms with Crippen molar-refractivity contribution in [3.8, 4) is 5.75 Å². The second kappa shape index (κ2) is 12.6. The van der Waals surface area contributed by atoms with Crippen molar-refractivity contribution in [2.24, 2.45) is 11.7 Å². The maximum atomic E-state index is 12.6. The number of methoxy groups -OCH3 is 1. The highest BCUT2D eigenvalue weighted by Gasteiger charge is 2.26. The summed E-state index contributed by atoms with van der Waals surface area (Å²) in [6, 6.07) is 15.2. The van der Waals surface area contributed by atoms with E-state index in [0.29, 0.717) is 30.9 Å². The van der Waals surface area contributed by atoms with Gasteiger partial charge in [0, 0.05) is 35.5 Å². The molecule has 2 aromatic carbocycles. The van der Waals surface area contributed by atoms with Crippen molar-refractivity contribution < 1.29 is 19.4 Å². The summed E-state index contributed by atoms with van der Waals surface area (Å²) in [6.07, 6.45) is 1.12. The number of carboxylic acid groups (broad SMARTS) is 1. The molecule has 3 rings (SSSR count). The van der Waals surface area contributed by atoms with E-state index in [1.54, 1.807) is 18.9 Å². The number of ether oxygens (including phenoxy) is 1. The number of hydrogen-bond acceptors (Lipinski definition) is 5. The van der Waals surface area contributed by atoms with Gasteiger partial charge < -0.3 is 25.8 Å². The number of benzene rings is 2. The standard InChI is InChI=1S/C23H29N3O4S.ClH/c1-30-20-14-18(7-8-21(20)31-15-17-5-3-2-4-6-17)25-22(27)19(24)13-16-9-11-26(12-10-16)23(28)29;/h2-8,14,16,19H,9-13,15,24H2,1H3,(H,25,27)(H,28,29);1H/t19-;/m0./s1. The smallest absolute Gasteiger partial charge is 0.407 e. The van der Waals surface area contributed by atoms with E-state index < -0.39 is 12.1 Å². The molecule has 1 aliphatic rings. The maximum Gasteiger partial charge on any atom is 0.407 e. The largest absolute Gasteiger partial charge is 0.496 e. The van der Waals surface area contributed by atoms with Crippen LogP contribution in [0.25, 0.3) is 0 Å². The molecule has 1 aliphatic heterocycles. The molecule has 0 radical (unpaired) electrons. The first-order valence-electron chi connectivity index (χ1n) is 10.4. The van der Waals surface area contributed by atoms with Gasteiger partial charge in [-0.05, 0) is 42.9 Å². The van der Waals surface area contributed by atoms with Crippen molar-refractivity contribution in [3.63, 3.8) is 0 Å². The summed E-state index contributed by atoms with van der Waals surface area (Å²) < 4.78 is 5.51. The lowest BCUT2D eigenvalue weighted by molar-refractivity contribution is -0.117. The molecule has 0 aliphatic carbocycles. The zero-order valence-electron chi connectivity index (χ0n) is 18.0. The number of nitrogens with one attached hydrogen (secondary N) is 1. The summed E-state index contributed by atoms with van der Waals surface area (Å²) in [5.74, 6) is 1.54. The van der Waals surface area contributed by atoms with Crippen LogP contribution in [-0.2, 0) is 10.5 Å². The van der Waals surface area contributed by atoms with Crippen LogP contribution < -0.4 is 15.8 Å². The average Bonchev–Trinajstić information content (AvgIpc) is 2.79. The number of carbonyl (C=O) groups excluding carboxylic acids is 1. The topological polar surface area (TPSA) is 105 Å². The first kappa shape index (κ1) is 25.8. The van der Waals surface area contributed by atoms with Gasteiger partial charge in [0.2, 0.25) is 5.91 Å². The Labute approximate surface area is 199 Å². The minimum absolute atomic E-state index is 0. The van der Waals surface area contributed by atoms with Gasteiger partial charge in [0.1, 0.15) is 5.75 Å². The van der Waals surface area contributed by atoms with Crippen molar-refractivity contribution in [2.45, 2.75) is 36.0 Å². The van der Waals surface area contributed by atoms with Gasteiger partial charge in [-0.1, -0.05) is 30.3 Å². The van der Waals surface area contributed by atoms with Gasteiger partial charge >= 0.3 is 6.09 Å². The second-order valence-electron chi connectivity index (χ2n) is 7.68. The van der Waals surface area contributed by atoms with Crippen molar-refractivity contribution in [3.05, 3.63) is 54.1 Å². The zero-order chi connectivity index (χ0) is 22.2. The number of hydrogen-bond donors (Lipinski definition) is 3. The first-order chi connectivity index (χ1) is 15.0. The van der Waals surface area contributed by atoms with Gasteiger partial charge in [-0.25, -0.2) is 4.79 Å². The molecule has 0 aromatic heterocycles. The monoisotopic (exact) mass is 479 g/mol. The Morgan fingerprint density at radius 2 is 1.91 bits per heavy atom. The third-order valence-corrected chi connectivity index (χ3v) is 6.60. The number of nitrogens with zero attached hydrogens (tertiary/aromatic N) is 1. The second-order valence-corrected chi connectivity index (χ2v) is 8.70. The number of thioether (sulfide) groups is 1. The third-order valence-electron chi connectivity index (χ3n) is 5.48. The van der Waals surface area contributed by atoms with Crippen molar-refractivity contribution in [1.82, 2.24) is 4.90 Å². The van der Waals surface area contributed by atoms with Crippen LogP contribution in [0.2, 0.25) is 0 Å². The molecule has 2 aromatic rings. The fourth-order valence-electron chi connectivity index (χ4n) is 3.66. The number of likely N-dealkylation sites (tertiary alicyclic amines) is 1. The number of carbonyl (C=O) groups is 2. The molecule has 0 spiro atoms. The van der Waals surface area contributed by atoms with Gasteiger partial charge in [-0.3, -0.25) is 4.79 Å². The predicted molar refractivity (Wildman–Crippen MR) is 130 cm³/mol. The molecule has 1 heterocycles. The molecule has 174 valence electrons. The highest BCUT2D eigenvalue weighted by atomic mass is 35.5. The van der Waals surface area contributed by atoms with Crippen LogP contribution in [0.5, 0.6) is 5.75 Å². The molecule has 1 saturated heterocycles. The molecule has 1 fully saturated rings. The average molecular weight is 480 g/mol. The Morgan fingerprint density at radius 1 is 1.22 bits per heavy atom. The number of nitrogens with two attached hydrogens (primary N) is 1. The van der Waals surface area contributed by atoms with Crippen LogP contribution in [0.4, 0.5) is 10.5 Å². The first-order valence-corrected chi connectivity index (χ1v) is 11.3. The van der Waals surface area contributed by atoms with E-state index in [2.05, 4.69) is 17.4 Å². The lowest BCUT2D eigenvalue weighted by Crippen LogP contribution is -2.41. The molecular formula is C23H30ClN3O4S. The van der Waals surface area contributed by atoms with Crippen LogP contribution >= 0.6 is 24.2 Å². The summed E-state index contributed by atoms with van der Waals surface area (Å²) in [5, 5.41) is 11.9. The van der Waals surface area contributed by atoms with E-state index in [9.17, 15) is 9.59 Å². The van der Waals surface area contributed by atoms with Crippen LogP contribution in [0.15, 0.2) is 53.4 Å². The number of piperidine rings is 1. The molecule has 0 unspecified atom stereocenters. The molecule has 4 N–H and O–H groups in total. The highest BCUT2D eigenvalue weighted by molar-refractivity contribution is 7.98. The summed E-state index contributed by atoms with van der Waals surface area (Å²) in [4.78, 5) is 26.0. The SMILES string of the molecule is COc1cc(NC(=O)[C@@H](N)CC2CCN(C(=O)O)CC2)ccc1SCc1ccccc1.Cl. The Kier molecular flexibility index (Phi) is 10.2. The van der Waals surface area contributed by atoms with E-state index in [0.717, 1.165) is 23.5 Å². The molecule has 9 heteroatoms. The molecular weight excluding hydrogens is 450 g/mol. The van der Waals surface area contributed by atoms with Crippen molar-refractivity contribution in [2.75, 3.05) is 25.5 Å². The predicted octanol–water partition coefficient (Wildman–Crippen LogP) is 4.46. The number of amides is 2. The molecule has 7 nitrogen and oxygen atoms in total. The highest BCUT2D eigenvalue weighted by Crippen LogP contribution is 2.34. The summed E-state index contributed by atoms with van der Waals surface area (Å²) in [6.45, 7) is 0.987. The number of halogens is 1. The van der Waals surface area contributed by atoms with E-state index in [-0.39, 0.29) is 24.2 Å².